The van der Waals surface area contributed by atoms with Crippen molar-refractivity contribution in [2.45, 2.75) is 18.4 Å². The zero-order chi connectivity index (χ0) is 12.3. The molecule has 0 atom stereocenters. The van der Waals surface area contributed by atoms with Crippen LogP contribution in [0.15, 0.2) is 47.4 Å². The molecule has 2 aromatic carbocycles. The summed E-state index contributed by atoms with van der Waals surface area (Å²) in [5, 5.41) is 0. The van der Waals surface area contributed by atoms with Crippen LogP contribution in [0.3, 0.4) is 0 Å². The highest BCUT2D eigenvalue weighted by Gasteiger charge is 2.02. The molecule has 0 fully saturated rings. The van der Waals surface area contributed by atoms with E-state index in [4.69, 9.17) is 4.74 Å². The number of thiol groups is 1. The van der Waals surface area contributed by atoms with Crippen LogP contribution in [0.25, 0.3) is 0 Å². The van der Waals surface area contributed by atoms with Crippen LogP contribution < -0.4 is 4.74 Å². The van der Waals surface area contributed by atoms with Crippen LogP contribution in [0.4, 0.5) is 4.39 Å². The third-order valence-corrected chi connectivity index (χ3v) is 2.81. The van der Waals surface area contributed by atoms with Gasteiger partial charge in [-0.2, -0.15) is 0 Å². The Balaban J connectivity index is 2.07. The number of benzene rings is 2. The van der Waals surface area contributed by atoms with E-state index in [1.165, 1.54) is 17.7 Å². The minimum Gasteiger partial charge on any atom is -0.488 e. The molecule has 1 nitrogen and oxygen atoms in total. The fraction of sp³-hybridized carbons (Fsp3) is 0.143. The monoisotopic (exact) mass is 248 g/mol. The van der Waals surface area contributed by atoms with Crippen molar-refractivity contribution in [2.24, 2.45) is 0 Å². The van der Waals surface area contributed by atoms with Gasteiger partial charge >= 0.3 is 0 Å². The molecular formula is C14H13FOS. The summed E-state index contributed by atoms with van der Waals surface area (Å²) in [6.07, 6.45) is 0. The first-order valence-electron chi connectivity index (χ1n) is 5.32. The molecular weight excluding hydrogens is 235 g/mol. The first-order chi connectivity index (χ1) is 8.15. The lowest BCUT2D eigenvalue weighted by Gasteiger charge is -2.08. The number of halogens is 1. The summed E-state index contributed by atoms with van der Waals surface area (Å²) in [5.41, 5.74) is 2.25. The molecule has 0 heterocycles. The van der Waals surface area contributed by atoms with Gasteiger partial charge in [0, 0.05) is 11.0 Å². The topological polar surface area (TPSA) is 9.23 Å². The largest absolute Gasteiger partial charge is 0.488 e. The maximum atomic E-state index is 13.0. The molecule has 0 amide bonds. The van der Waals surface area contributed by atoms with Crippen molar-refractivity contribution in [1.29, 1.82) is 0 Å². The fourth-order valence-electron chi connectivity index (χ4n) is 1.45. The molecule has 17 heavy (non-hydrogen) atoms. The maximum Gasteiger partial charge on any atom is 0.136 e. The minimum atomic E-state index is -0.318. The third-order valence-electron chi connectivity index (χ3n) is 2.44. The normalized spacial score (nSPS) is 10.3. The maximum absolute atomic E-state index is 13.0. The Labute approximate surface area is 106 Å². The van der Waals surface area contributed by atoms with Crippen LogP contribution in [0.2, 0.25) is 0 Å². The Morgan fingerprint density at radius 2 is 1.82 bits per heavy atom. The Kier molecular flexibility index (Phi) is 3.69. The van der Waals surface area contributed by atoms with Gasteiger partial charge in [0.25, 0.3) is 0 Å². The van der Waals surface area contributed by atoms with Crippen LogP contribution in [-0.2, 0) is 6.61 Å². The van der Waals surface area contributed by atoms with Crippen LogP contribution in [0.5, 0.6) is 5.75 Å². The van der Waals surface area contributed by atoms with Gasteiger partial charge in [-0.05, 0) is 24.6 Å². The van der Waals surface area contributed by atoms with E-state index >= 15 is 0 Å². The first-order valence-corrected chi connectivity index (χ1v) is 5.77. The van der Waals surface area contributed by atoms with E-state index in [0.29, 0.717) is 17.3 Å². The second kappa shape index (κ2) is 5.23. The van der Waals surface area contributed by atoms with Gasteiger partial charge in [-0.15, -0.1) is 12.6 Å². The standard InChI is InChI=1S/C14H13FOS/c1-10-2-4-11(5-3-10)9-16-13-8-12(15)6-7-14(13)17/h2-8,17H,9H2,1H3. The Hall–Kier alpha value is -1.48. The van der Waals surface area contributed by atoms with Gasteiger partial charge in [0.05, 0.1) is 0 Å². The molecule has 2 aromatic rings. The van der Waals surface area contributed by atoms with Crippen molar-refractivity contribution in [3.63, 3.8) is 0 Å². The fourth-order valence-corrected chi connectivity index (χ4v) is 1.65. The lowest BCUT2D eigenvalue weighted by Crippen LogP contribution is -1.96. The van der Waals surface area contributed by atoms with E-state index in [-0.39, 0.29) is 5.82 Å². The molecule has 0 N–H and O–H groups in total. The summed E-state index contributed by atoms with van der Waals surface area (Å²) < 4.78 is 18.5. The van der Waals surface area contributed by atoms with Crippen LogP contribution in [-0.4, -0.2) is 0 Å². The lowest BCUT2D eigenvalue weighted by atomic mass is 10.2. The summed E-state index contributed by atoms with van der Waals surface area (Å²) in [5.74, 6) is 0.149. The molecule has 0 spiro atoms. The molecule has 2 rings (SSSR count). The number of aryl methyl sites for hydroxylation is 1. The predicted octanol–water partition coefficient (Wildman–Crippen LogP) is 4.00. The first kappa shape index (κ1) is 12.0. The molecule has 0 aliphatic carbocycles. The number of hydrogen-bond acceptors (Lipinski definition) is 2. The minimum absolute atomic E-state index is 0.318. The Morgan fingerprint density at radius 3 is 2.53 bits per heavy atom. The zero-order valence-electron chi connectivity index (χ0n) is 9.48. The summed E-state index contributed by atoms with van der Waals surface area (Å²) >= 11 is 4.22. The highest BCUT2D eigenvalue weighted by atomic mass is 32.1. The van der Waals surface area contributed by atoms with E-state index < -0.39 is 0 Å². The quantitative estimate of drug-likeness (QED) is 0.808. The number of ether oxygens (including phenoxy) is 1. The third kappa shape index (κ3) is 3.24. The predicted molar refractivity (Wildman–Crippen MR) is 69.2 cm³/mol. The molecule has 0 bridgehead atoms. The molecule has 0 saturated heterocycles. The van der Waals surface area contributed by atoms with Gasteiger partial charge in [-0.25, -0.2) is 4.39 Å². The summed E-state index contributed by atoms with van der Waals surface area (Å²) in [4.78, 5) is 0.638. The summed E-state index contributed by atoms with van der Waals surface area (Å²) in [7, 11) is 0. The van der Waals surface area contributed by atoms with Crippen molar-refractivity contribution >= 4 is 12.6 Å². The average molecular weight is 248 g/mol. The molecule has 0 aliphatic rings. The summed E-state index contributed by atoms with van der Waals surface area (Å²) in [6, 6.07) is 12.3. The van der Waals surface area contributed by atoms with Crippen molar-refractivity contribution in [2.75, 3.05) is 0 Å². The van der Waals surface area contributed by atoms with E-state index in [1.54, 1.807) is 6.07 Å². The summed E-state index contributed by atoms with van der Waals surface area (Å²) in [6.45, 7) is 2.44. The zero-order valence-corrected chi connectivity index (χ0v) is 10.4. The molecule has 0 radical (unpaired) electrons. The highest BCUT2D eigenvalue weighted by molar-refractivity contribution is 7.80. The van der Waals surface area contributed by atoms with Gasteiger partial charge < -0.3 is 4.74 Å². The van der Waals surface area contributed by atoms with Crippen molar-refractivity contribution in [3.05, 3.63) is 59.4 Å². The second-order valence-corrected chi connectivity index (χ2v) is 4.37. The second-order valence-electron chi connectivity index (χ2n) is 3.89. The molecule has 88 valence electrons. The molecule has 3 heteroatoms. The molecule has 0 saturated carbocycles. The molecule has 0 aromatic heterocycles. The van der Waals surface area contributed by atoms with Crippen molar-refractivity contribution in [3.8, 4) is 5.75 Å². The Morgan fingerprint density at radius 1 is 1.12 bits per heavy atom. The average Bonchev–Trinajstić information content (AvgIpc) is 2.32. The van der Waals surface area contributed by atoms with Gasteiger partial charge in [-0.1, -0.05) is 29.8 Å². The Bertz CT molecular complexity index is 508. The van der Waals surface area contributed by atoms with E-state index in [1.807, 2.05) is 31.2 Å². The number of rotatable bonds is 3. The van der Waals surface area contributed by atoms with Crippen LogP contribution in [0.1, 0.15) is 11.1 Å². The van der Waals surface area contributed by atoms with Crippen molar-refractivity contribution in [1.82, 2.24) is 0 Å². The van der Waals surface area contributed by atoms with Gasteiger partial charge in [-0.3, -0.25) is 0 Å². The van der Waals surface area contributed by atoms with E-state index in [2.05, 4.69) is 12.6 Å². The lowest BCUT2D eigenvalue weighted by molar-refractivity contribution is 0.297. The van der Waals surface area contributed by atoms with Crippen LogP contribution >= 0.6 is 12.6 Å². The van der Waals surface area contributed by atoms with Crippen molar-refractivity contribution < 1.29 is 9.13 Å². The van der Waals surface area contributed by atoms with Crippen LogP contribution in [0, 0.1) is 12.7 Å². The van der Waals surface area contributed by atoms with Gasteiger partial charge in [0.2, 0.25) is 0 Å². The van der Waals surface area contributed by atoms with E-state index in [0.717, 1.165) is 5.56 Å². The van der Waals surface area contributed by atoms with E-state index in [9.17, 15) is 4.39 Å². The SMILES string of the molecule is Cc1ccc(COc2cc(F)ccc2S)cc1. The molecule has 0 unspecified atom stereocenters. The molecule has 0 aliphatic heterocycles. The smallest absolute Gasteiger partial charge is 0.136 e. The van der Waals surface area contributed by atoms with Gasteiger partial charge in [0.1, 0.15) is 18.2 Å². The highest BCUT2D eigenvalue weighted by Crippen LogP contribution is 2.24. The number of hydrogen-bond donors (Lipinski definition) is 1. The van der Waals surface area contributed by atoms with Gasteiger partial charge in [0.15, 0.2) is 0 Å².